The van der Waals surface area contributed by atoms with E-state index in [1.807, 2.05) is 12.1 Å². The van der Waals surface area contributed by atoms with Crippen LogP contribution >= 0.6 is 0 Å². The number of guanidine groups is 1. The van der Waals surface area contributed by atoms with Crippen molar-refractivity contribution in [3.05, 3.63) is 24.2 Å². The van der Waals surface area contributed by atoms with Gasteiger partial charge in [0.15, 0.2) is 5.96 Å². The largest absolute Gasteiger partial charge is 0.469 e. The molecule has 2 fully saturated rings. The molecular formula is C17H27N3O2. The van der Waals surface area contributed by atoms with E-state index in [4.69, 9.17) is 14.1 Å². The maximum atomic E-state index is 5.90. The van der Waals surface area contributed by atoms with Gasteiger partial charge in [0.25, 0.3) is 0 Å². The number of aliphatic imine (C=N–C) groups is 1. The molecule has 2 unspecified atom stereocenters. The van der Waals surface area contributed by atoms with Crippen LogP contribution in [0.2, 0.25) is 0 Å². The van der Waals surface area contributed by atoms with Crippen LogP contribution in [0.5, 0.6) is 0 Å². The summed E-state index contributed by atoms with van der Waals surface area (Å²) in [6, 6.07) is 3.94. The minimum absolute atomic E-state index is 0.469. The lowest BCUT2D eigenvalue weighted by atomic mass is 9.88. The van der Waals surface area contributed by atoms with Crippen molar-refractivity contribution in [1.82, 2.24) is 10.2 Å². The molecule has 5 nitrogen and oxygen atoms in total. The molecule has 0 radical (unpaired) electrons. The third kappa shape index (κ3) is 3.83. The van der Waals surface area contributed by atoms with Crippen molar-refractivity contribution in [2.24, 2.45) is 10.9 Å². The lowest BCUT2D eigenvalue weighted by Gasteiger charge is -2.42. The van der Waals surface area contributed by atoms with Gasteiger partial charge in [-0.3, -0.25) is 4.99 Å². The summed E-state index contributed by atoms with van der Waals surface area (Å²) in [6.45, 7) is 6.83. The Kier molecular flexibility index (Phi) is 5.38. The van der Waals surface area contributed by atoms with E-state index >= 15 is 0 Å². The second kappa shape index (κ2) is 7.68. The molecule has 2 atom stereocenters. The first kappa shape index (κ1) is 15.4. The maximum Gasteiger partial charge on any atom is 0.193 e. The van der Waals surface area contributed by atoms with Crippen LogP contribution in [0.3, 0.4) is 0 Å². The topological polar surface area (TPSA) is 50.0 Å². The predicted octanol–water partition coefficient (Wildman–Crippen LogP) is 2.29. The number of likely N-dealkylation sites (tertiary alicyclic amines) is 1. The molecule has 2 aliphatic heterocycles. The average Bonchev–Trinajstić information content (AvgIpc) is 3.07. The van der Waals surface area contributed by atoms with E-state index in [1.165, 1.54) is 12.8 Å². The van der Waals surface area contributed by atoms with Gasteiger partial charge in [0.05, 0.1) is 12.4 Å². The van der Waals surface area contributed by atoms with Gasteiger partial charge in [-0.05, 0) is 38.3 Å². The summed E-state index contributed by atoms with van der Waals surface area (Å²) >= 11 is 0. The molecule has 2 saturated heterocycles. The molecule has 122 valence electrons. The van der Waals surface area contributed by atoms with Gasteiger partial charge in [0.1, 0.15) is 5.76 Å². The minimum Gasteiger partial charge on any atom is -0.469 e. The number of hydrogen-bond acceptors (Lipinski definition) is 3. The van der Waals surface area contributed by atoms with E-state index in [2.05, 4.69) is 17.1 Å². The van der Waals surface area contributed by atoms with Crippen LogP contribution in [0, 0.1) is 5.92 Å². The first-order valence-corrected chi connectivity index (χ1v) is 8.54. The first-order chi connectivity index (χ1) is 10.9. The predicted molar refractivity (Wildman–Crippen MR) is 87.0 cm³/mol. The van der Waals surface area contributed by atoms with Gasteiger partial charge in [0.2, 0.25) is 0 Å². The van der Waals surface area contributed by atoms with Crippen LogP contribution in [0.4, 0.5) is 0 Å². The van der Waals surface area contributed by atoms with Gasteiger partial charge in [-0.15, -0.1) is 0 Å². The Morgan fingerprint density at radius 1 is 1.45 bits per heavy atom. The molecule has 0 aromatic carbocycles. The molecule has 1 N–H and O–H groups in total. The monoisotopic (exact) mass is 305 g/mol. The average molecular weight is 305 g/mol. The number of rotatable bonds is 4. The van der Waals surface area contributed by atoms with E-state index in [0.29, 0.717) is 12.0 Å². The van der Waals surface area contributed by atoms with Crippen LogP contribution in [0.25, 0.3) is 0 Å². The van der Waals surface area contributed by atoms with Gasteiger partial charge in [0, 0.05) is 45.1 Å². The van der Waals surface area contributed by atoms with Crippen LogP contribution in [-0.2, 0) is 11.2 Å². The van der Waals surface area contributed by atoms with Gasteiger partial charge in [-0.25, -0.2) is 0 Å². The Morgan fingerprint density at radius 3 is 3.23 bits per heavy atom. The quantitative estimate of drug-likeness (QED) is 0.685. The van der Waals surface area contributed by atoms with Crippen LogP contribution in [-0.4, -0.2) is 49.7 Å². The molecule has 0 saturated carbocycles. The standard InChI is InChI=1S/C17H27N3O2/c1-2-18-17(19-9-7-15-6-4-11-21-15)20-10-8-16-14(13-20)5-3-12-22-16/h4,6,11,14,16H,2-3,5,7-10,12-13H2,1H3,(H,18,19). The molecule has 1 aromatic heterocycles. The molecule has 0 aliphatic carbocycles. The van der Waals surface area contributed by atoms with Gasteiger partial charge in [-0.2, -0.15) is 0 Å². The summed E-state index contributed by atoms with van der Waals surface area (Å²) in [7, 11) is 0. The highest BCUT2D eigenvalue weighted by atomic mass is 16.5. The fourth-order valence-electron chi connectivity index (χ4n) is 3.43. The van der Waals surface area contributed by atoms with Crippen LogP contribution in [0.15, 0.2) is 27.8 Å². The van der Waals surface area contributed by atoms with E-state index in [1.54, 1.807) is 6.26 Å². The van der Waals surface area contributed by atoms with Gasteiger partial charge in [-0.1, -0.05) is 0 Å². The Labute approximate surface area is 132 Å². The normalized spacial score (nSPS) is 25.9. The van der Waals surface area contributed by atoms with Crippen molar-refractivity contribution in [3.63, 3.8) is 0 Å². The summed E-state index contributed by atoms with van der Waals surface area (Å²) in [4.78, 5) is 7.18. The van der Waals surface area contributed by atoms with Gasteiger partial charge < -0.3 is 19.4 Å². The fraction of sp³-hybridized carbons (Fsp3) is 0.706. The minimum atomic E-state index is 0.469. The number of hydrogen-bond donors (Lipinski definition) is 1. The molecule has 22 heavy (non-hydrogen) atoms. The highest BCUT2D eigenvalue weighted by molar-refractivity contribution is 5.80. The summed E-state index contributed by atoms with van der Waals surface area (Å²) in [5, 5.41) is 3.43. The Balaban J connectivity index is 1.57. The van der Waals surface area contributed by atoms with Crippen LogP contribution < -0.4 is 5.32 Å². The number of ether oxygens (including phenoxy) is 1. The van der Waals surface area contributed by atoms with Crippen molar-refractivity contribution < 1.29 is 9.15 Å². The van der Waals surface area contributed by atoms with Crippen molar-refractivity contribution >= 4 is 5.96 Å². The Bertz CT molecular complexity index is 472. The smallest absolute Gasteiger partial charge is 0.193 e. The molecule has 5 heteroatoms. The lowest BCUT2D eigenvalue weighted by Crippen LogP contribution is -2.52. The van der Waals surface area contributed by atoms with Crippen molar-refractivity contribution in [2.75, 3.05) is 32.8 Å². The number of nitrogens with zero attached hydrogens (tertiary/aromatic N) is 2. The maximum absolute atomic E-state index is 5.90. The summed E-state index contributed by atoms with van der Waals surface area (Å²) < 4.78 is 11.3. The molecule has 1 aromatic rings. The van der Waals surface area contributed by atoms with E-state index in [-0.39, 0.29) is 0 Å². The van der Waals surface area contributed by atoms with E-state index in [0.717, 1.165) is 57.3 Å². The van der Waals surface area contributed by atoms with Crippen LogP contribution in [0.1, 0.15) is 31.9 Å². The molecule has 3 rings (SSSR count). The zero-order valence-electron chi connectivity index (χ0n) is 13.5. The Hall–Kier alpha value is -1.49. The van der Waals surface area contributed by atoms with Crippen molar-refractivity contribution in [3.8, 4) is 0 Å². The fourth-order valence-corrected chi connectivity index (χ4v) is 3.43. The molecule has 3 heterocycles. The molecule has 0 bridgehead atoms. The molecule has 0 amide bonds. The second-order valence-corrected chi connectivity index (χ2v) is 6.11. The van der Waals surface area contributed by atoms with Crippen molar-refractivity contribution in [1.29, 1.82) is 0 Å². The second-order valence-electron chi connectivity index (χ2n) is 6.11. The number of piperidine rings is 1. The number of fused-ring (bicyclic) bond motifs is 1. The number of nitrogens with one attached hydrogen (secondary N) is 1. The zero-order valence-corrected chi connectivity index (χ0v) is 13.5. The Morgan fingerprint density at radius 2 is 2.41 bits per heavy atom. The number of furan rings is 1. The third-order valence-electron chi connectivity index (χ3n) is 4.55. The van der Waals surface area contributed by atoms with E-state index in [9.17, 15) is 0 Å². The molecule has 0 spiro atoms. The summed E-state index contributed by atoms with van der Waals surface area (Å²) in [5.74, 6) is 2.70. The van der Waals surface area contributed by atoms with Gasteiger partial charge >= 0.3 is 0 Å². The summed E-state index contributed by atoms with van der Waals surface area (Å²) in [5.41, 5.74) is 0. The zero-order chi connectivity index (χ0) is 15.2. The molecule has 2 aliphatic rings. The first-order valence-electron chi connectivity index (χ1n) is 8.54. The van der Waals surface area contributed by atoms with Crippen molar-refractivity contribution in [2.45, 2.75) is 38.7 Å². The lowest BCUT2D eigenvalue weighted by molar-refractivity contribution is -0.0559. The third-order valence-corrected chi connectivity index (χ3v) is 4.55. The SMILES string of the molecule is CCNC(=NCCc1ccco1)N1CCC2OCCCC2C1. The highest BCUT2D eigenvalue weighted by Gasteiger charge is 2.33. The summed E-state index contributed by atoms with van der Waals surface area (Å²) in [6.07, 6.45) is 6.64. The molecular weight excluding hydrogens is 278 g/mol. The highest BCUT2D eigenvalue weighted by Crippen LogP contribution is 2.28. The van der Waals surface area contributed by atoms with E-state index < -0.39 is 0 Å².